The molecule has 0 aliphatic rings. The van der Waals surface area contributed by atoms with Gasteiger partial charge in [0.05, 0.1) is 20.5 Å². The van der Waals surface area contributed by atoms with Gasteiger partial charge in [-0.05, 0) is 30.2 Å². The lowest BCUT2D eigenvalue weighted by Gasteiger charge is -2.14. The van der Waals surface area contributed by atoms with E-state index in [4.69, 9.17) is 9.47 Å². The molecule has 1 heterocycles. The molecule has 0 radical (unpaired) electrons. The fourth-order valence-corrected chi connectivity index (χ4v) is 2.80. The van der Waals surface area contributed by atoms with E-state index in [0.717, 1.165) is 47.8 Å². The lowest BCUT2D eigenvalue weighted by atomic mass is 10.0. The second-order valence-corrected chi connectivity index (χ2v) is 5.70. The molecule has 2 aromatic carbocycles. The molecule has 1 aromatic heterocycles. The van der Waals surface area contributed by atoms with Crippen LogP contribution < -0.4 is 14.8 Å². The van der Waals surface area contributed by atoms with Crippen LogP contribution in [0, 0.1) is 0 Å². The number of hydrogen-bond donors (Lipinski definition) is 1. The van der Waals surface area contributed by atoms with Crippen molar-refractivity contribution in [3.63, 3.8) is 0 Å². The molecule has 0 fully saturated rings. The van der Waals surface area contributed by atoms with Crippen LogP contribution in [0.25, 0.3) is 11.1 Å². The Morgan fingerprint density at radius 2 is 1.88 bits per heavy atom. The highest BCUT2D eigenvalue weighted by molar-refractivity contribution is 5.79. The average Bonchev–Trinajstić information content (AvgIpc) is 3.18. The maximum absolute atomic E-state index is 5.42. The topological polar surface area (TPSA) is 48.3 Å². The summed E-state index contributed by atoms with van der Waals surface area (Å²) in [5.41, 5.74) is 3.35. The largest absolute Gasteiger partial charge is 0.493 e. The van der Waals surface area contributed by atoms with Crippen molar-refractivity contribution >= 4 is 5.69 Å². The number of anilines is 1. The Morgan fingerprint density at radius 3 is 2.64 bits per heavy atom. The molecule has 0 spiro atoms. The number of para-hydroxylation sites is 1. The Kier molecular flexibility index (Phi) is 5.57. The maximum Gasteiger partial charge on any atom is 0.161 e. The molecular formula is C20H23N3O2. The smallest absolute Gasteiger partial charge is 0.161 e. The van der Waals surface area contributed by atoms with Crippen LogP contribution >= 0.6 is 0 Å². The van der Waals surface area contributed by atoms with Crippen molar-refractivity contribution < 1.29 is 9.47 Å². The monoisotopic (exact) mass is 337 g/mol. The highest BCUT2D eigenvalue weighted by atomic mass is 16.5. The third-order valence-electron chi connectivity index (χ3n) is 4.09. The summed E-state index contributed by atoms with van der Waals surface area (Å²) >= 11 is 0. The van der Waals surface area contributed by atoms with E-state index >= 15 is 0 Å². The first-order valence-corrected chi connectivity index (χ1v) is 8.33. The summed E-state index contributed by atoms with van der Waals surface area (Å²) in [6.45, 7) is 1.84. The van der Waals surface area contributed by atoms with Gasteiger partial charge in [0.25, 0.3) is 0 Å². The first-order chi connectivity index (χ1) is 12.3. The van der Waals surface area contributed by atoms with Crippen molar-refractivity contribution in [3.05, 3.63) is 61.2 Å². The maximum atomic E-state index is 5.42. The van der Waals surface area contributed by atoms with Gasteiger partial charge in [0.1, 0.15) is 0 Å². The minimum absolute atomic E-state index is 0.731. The van der Waals surface area contributed by atoms with Crippen molar-refractivity contribution in [2.45, 2.75) is 13.0 Å². The first-order valence-electron chi connectivity index (χ1n) is 8.33. The highest BCUT2D eigenvalue weighted by Crippen LogP contribution is 2.35. The van der Waals surface area contributed by atoms with Gasteiger partial charge >= 0.3 is 0 Å². The van der Waals surface area contributed by atoms with E-state index in [-0.39, 0.29) is 0 Å². The number of methoxy groups -OCH3 is 2. The highest BCUT2D eigenvalue weighted by Gasteiger charge is 2.09. The number of aromatic nitrogens is 2. The van der Waals surface area contributed by atoms with Gasteiger partial charge < -0.3 is 19.4 Å². The van der Waals surface area contributed by atoms with Gasteiger partial charge in [0, 0.05) is 36.7 Å². The number of benzene rings is 2. The fraction of sp³-hybridized carbons (Fsp3) is 0.250. The average molecular weight is 337 g/mol. The van der Waals surface area contributed by atoms with Crippen LogP contribution in [0.3, 0.4) is 0 Å². The zero-order valence-electron chi connectivity index (χ0n) is 14.6. The Morgan fingerprint density at radius 1 is 1.04 bits per heavy atom. The van der Waals surface area contributed by atoms with Crippen LogP contribution in [-0.4, -0.2) is 30.3 Å². The normalized spacial score (nSPS) is 10.5. The Labute approximate surface area is 148 Å². The molecule has 5 heteroatoms. The summed E-state index contributed by atoms with van der Waals surface area (Å²) in [4.78, 5) is 4.06. The number of nitrogens with one attached hydrogen (secondary N) is 1. The van der Waals surface area contributed by atoms with Crippen LogP contribution in [0.5, 0.6) is 11.5 Å². The minimum Gasteiger partial charge on any atom is -0.493 e. The van der Waals surface area contributed by atoms with E-state index in [9.17, 15) is 0 Å². The van der Waals surface area contributed by atoms with Crippen molar-refractivity contribution in [3.8, 4) is 22.6 Å². The number of ether oxygens (including phenoxy) is 2. The third-order valence-corrected chi connectivity index (χ3v) is 4.09. The standard InChI is InChI=1S/C20H23N3O2/c1-24-19-9-8-16(14-20(19)25-2)17-6-3-4-7-18(17)22-10-5-12-23-13-11-21-15-23/h3-4,6-9,11,13-15,22H,5,10,12H2,1-2H3. The van der Waals surface area contributed by atoms with Crippen LogP contribution in [-0.2, 0) is 6.54 Å². The number of rotatable bonds is 8. The number of imidazole rings is 1. The molecule has 0 saturated heterocycles. The minimum atomic E-state index is 0.731. The van der Waals surface area contributed by atoms with Crippen LogP contribution in [0.1, 0.15) is 6.42 Å². The quantitative estimate of drug-likeness (QED) is 0.630. The van der Waals surface area contributed by atoms with Crippen molar-refractivity contribution in [2.24, 2.45) is 0 Å². The Hall–Kier alpha value is -2.95. The lowest BCUT2D eigenvalue weighted by Crippen LogP contribution is -2.06. The molecule has 3 rings (SSSR count). The van der Waals surface area contributed by atoms with Crippen LogP contribution in [0.2, 0.25) is 0 Å². The molecule has 3 aromatic rings. The number of hydrogen-bond acceptors (Lipinski definition) is 4. The molecule has 0 unspecified atom stereocenters. The molecule has 0 atom stereocenters. The summed E-state index contributed by atoms with van der Waals surface area (Å²) < 4.78 is 12.8. The van der Waals surface area contributed by atoms with Crippen LogP contribution in [0.4, 0.5) is 5.69 Å². The summed E-state index contributed by atoms with van der Waals surface area (Å²) in [7, 11) is 3.30. The van der Waals surface area contributed by atoms with Gasteiger partial charge in [0.15, 0.2) is 11.5 Å². The lowest BCUT2D eigenvalue weighted by molar-refractivity contribution is 0.355. The molecule has 0 amide bonds. The van der Waals surface area contributed by atoms with Gasteiger partial charge in [-0.2, -0.15) is 0 Å². The molecule has 25 heavy (non-hydrogen) atoms. The summed E-state index contributed by atoms with van der Waals surface area (Å²) in [5, 5.41) is 3.53. The molecule has 5 nitrogen and oxygen atoms in total. The second kappa shape index (κ2) is 8.24. The second-order valence-electron chi connectivity index (χ2n) is 5.70. The summed E-state index contributed by atoms with van der Waals surface area (Å²) in [6.07, 6.45) is 6.66. The SMILES string of the molecule is COc1ccc(-c2ccccc2NCCCn2ccnc2)cc1OC. The Bertz CT molecular complexity index is 800. The number of nitrogens with zero attached hydrogens (tertiary/aromatic N) is 2. The van der Waals surface area contributed by atoms with E-state index in [0.29, 0.717) is 0 Å². The molecule has 0 aliphatic carbocycles. The van der Waals surface area contributed by atoms with E-state index < -0.39 is 0 Å². The van der Waals surface area contributed by atoms with E-state index in [1.54, 1.807) is 20.4 Å². The Balaban J connectivity index is 1.72. The zero-order valence-corrected chi connectivity index (χ0v) is 14.6. The van der Waals surface area contributed by atoms with E-state index in [2.05, 4.69) is 27.0 Å². The summed E-state index contributed by atoms with van der Waals surface area (Å²) in [5.74, 6) is 1.46. The molecule has 1 N–H and O–H groups in total. The molecular weight excluding hydrogens is 314 g/mol. The van der Waals surface area contributed by atoms with Crippen molar-refractivity contribution in [2.75, 3.05) is 26.1 Å². The van der Waals surface area contributed by atoms with Crippen molar-refractivity contribution in [1.29, 1.82) is 0 Å². The molecule has 0 aliphatic heterocycles. The van der Waals surface area contributed by atoms with Crippen LogP contribution in [0.15, 0.2) is 61.2 Å². The number of aryl methyl sites for hydroxylation is 1. The van der Waals surface area contributed by atoms with Crippen molar-refractivity contribution in [1.82, 2.24) is 9.55 Å². The first kappa shape index (κ1) is 16.9. The third kappa shape index (κ3) is 4.12. The zero-order chi connectivity index (χ0) is 17.5. The van der Waals surface area contributed by atoms with Gasteiger partial charge in [-0.3, -0.25) is 0 Å². The molecule has 0 saturated carbocycles. The predicted octanol–water partition coefficient (Wildman–Crippen LogP) is 4.07. The van der Waals surface area contributed by atoms with Gasteiger partial charge in [-0.25, -0.2) is 4.98 Å². The fourth-order valence-electron chi connectivity index (χ4n) is 2.80. The molecule has 0 bridgehead atoms. The van der Waals surface area contributed by atoms with Gasteiger partial charge in [-0.15, -0.1) is 0 Å². The molecule has 130 valence electrons. The predicted molar refractivity (Wildman–Crippen MR) is 100 cm³/mol. The van der Waals surface area contributed by atoms with E-state index in [1.807, 2.05) is 42.9 Å². The van der Waals surface area contributed by atoms with Gasteiger partial charge in [0.2, 0.25) is 0 Å². The summed E-state index contributed by atoms with van der Waals surface area (Å²) in [6, 6.07) is 14.3. The van der Waals surface area contributed by atoms with Gasteiger partial charge in [-0.1, -0.05) is 24.3 Å². The van der Waals surface area contributed by atoms with E-state index in [1.165, 1.54) is 0 Å².